The molecule has 1 aromatic carbocycles. The molecule has 7 heteroatoms. The minimum atomic E-state index is -4.45. The summed E-state index contributed by atoms with van der Waals surface area (Å²) in [6.45, 7) is 0.0529. The van der Waals surface area contributed by atoms with Crippen molar-refractivity contribution in [2.24, 2.45) is 0 Å². The van der Waals surface area contributed by atoms with Crippen molar-refractivity contribution in [3.63, 3.8) is 0 Å². The number of rotatable bonds is 3. The number of amides is 1. The highest BCUT2D eigenvalue weighted by Gasteiger charge is 2.30. The van der Waals surface area contributed by atoms with Crippen LogP contribution in [0.4, 0.5) is 18.9 Å². The van der Waals surface area contributed by atoms with Gasteiger partial charge in [0, 0.05) is 0 Å². The summed E-state index contributed by atoms with van der Waals surface area (Å²) in [6, 6.07) is 2.76. The van der Waals surface area contributed by atoms with Gasteiger partial charge in [-0.15, -0.1) is 0 Å². The molecule has 1 rings (SSSR count). The van der Waals surface area contributed by atoms with Gasteiger partial charge in [-0.3, -0.25) is 4.79 Å². The number of halogens is 4. The van der Waals surface area contributed by atoms with Crippen LogP contribution < -0.4 is 10.6 Å². The van der Waals surface area contributed by atoms with E-state index in [1.54, 1.807) is 7.05 Å². The molecule has 0 saturated heterocycles. The first-order valence-electron chi connectivity index (χ1n) is 4.66. The van der Waals surface area contributed by atoms with Gasteiger partial charge in [0.1, 0.15) is 0 Å². The summed E-state index contributed by atoms with van der Waals surface area (Å²) in [5, 5.41) is 4.85. The maximum Gasteiger partial charge on any atom is 0.416 e. The first-order chi connectivity index (χ1) is 7.84. The van der Waals surface area contributed by atoms with Gasteiger partial charge in [0.05, 0.1) is 22.8 Å². The van der Waals surface area contributed by atoms with Crippen molar-refractivity contribution in [1.29, 1.82) is 0 Å². The average molecular weight is 267 g/mol. The molecule has 94 valence electrons. The first kappa shape index (κ1) is 13.8. The molecule has 1 aromatic rings. The third kappa shape index (κ3) is 3.90. The quantitative estimate of drug-likeness (QED) is 0.883. The molecule has 0 unspecified atom stereocenters. The van der Waals surface area contributed by atoms with Crippen LogP contribution in [0.3, 0.4) is 0 Å². The summed E-state index contributed by atoms with van der Waals surface area (Å²) < 4.78 is 37.0. The Kier molecular flexibility index (Phi) is 4.36. The number of anilines is 1. The van der Waals surface area contributed by atoms with Crippen molar-refractivity contribution in [2.75, 3.05) is 18.9 Å². The maximum atomic E-state index is 12.3. The number of carbonyl (C=O) groups excluding carboxylic acids is 1. The van der Waals surface area contributed by atoms with E-state index in [-0.39, 0.29) is 23.2 Å². The van der Waals surface area contributed by atoms with Crippen LogP contribution in [0.25, 0.3) is 0 Å². The Morgan fingerprint density at radius 2 is 2.06 bits per heavy atom. The molecule has 0 aliphatic carbocycles. The molecule has 3 nitrogen and oxygen atoms in total. The number of carbonyl (C=O) groups is 1. The van der Waals surface area contributed by atoms with Gasteiger partial charge >= 0.3 is 6.18 Å². The molecule has 0 aromatic heterocycles. The zero-order valence-electron chi connectivity index (χ0n) is 8.86. The molecule has 0 bridgehead atoms. The van der Waals surface area contributed by atoms with E-state index in [1.807, 2.05) is 0 Å². The Balaban J connectivity index is 2.87. The highest BCUT2D eigenvalue weighted by molar-refractivity contribution is 6.33. The fourth-order valence-corrected chi connectivity index (χ4v) is 1.38. The van der Waals surface area contributed by atoms with Crippen molar-refractivity contribution >= 4 is 23.2 Å². The van der Waals surface area contributed by atoms with Gasteiger partial charge in [-0.2, -0.15) is 13.2 Å². The van der Waals surface area contributed by atoms with E-state index >= 15 is 0 Å². The van der Waals surface area contributed by atoms with Gasteiger partial charge in [0.25, 0.3) is 0 Å². The highest BCUT2D eigenvalue weighted by Crippen LogP contribution is 2.33. The fraction of sp³-hybridized carbons (Fsp3) is 0.300. The smallest absolute Gasteiger partial charge is 0.324 e. The summed E-state index contributed by atoms with van der Waals surface area (Å²) in [4.78, 5) is 11.2. The van der Waals surface area contributed by atoms with Crippen LogP contribution in [-0.4, -0.2) is 19.5 Å². The lowest BCUT2D eigenvalue weighted by molar-refractivity contribution is -0.137. The minimum Gasteiger partial charge on any atom is -0.324 e. The molecule has 0 saturated carbocycles. The predicted octanol–water partition coefficient (Wildman–Crippen LogP) is 2.52. The van der Waals surface area contributed by atoms with Crippen LogP contribution in [0, 0.1) is 0 Å². The van der Waals surface area contributed by atoms with Gasteiger partial charge in [0.2, 0.25) is 5.91 Å². The maximum absolute atomic E-state index is 12.3. The zero-order chi connectivity index (χ0) is 13.1. The summed E-state index contributed by atoms with van der Waals surface area (Å²) >= 11 is 5.64. The summed E-state index contributed by atoms with van der Waals surface area (Å²) in [5.74, 6) is -0.380. The molecule has 0 spiro atoms. The minimum absolute atomic E-state index is 0.0529. The number of likely N-dealkylation sites (N-methyl/N-ethyl adjacent to an activating group) is 1. The van der Waals surface area contributed by atoms with Crippen molar-refractivity contribution in [3.8, 4) is 0 Å². The van der Waals surface area contributed by atoms with Gasteiger partial charge in [-0.1, -0.05) is 11.6 Å². The third-order valence-electron chi connectivity index (χ3n) is 1.91. The summed E-state index contributed by atoms with van der Waals surface area (Å²) in [6.07, 6.45) is -4.45. The Morgan fingerprint density at radius 3 is 2.53 bits per heavy atom. The van der Waals surface area contributed by atoms with Gasteiger partial charge in [-0.25, -0.2) is 0 Å². The molecule has 1 amide bonds. The third-order valence-corrected chi connectivity index (χ3v) is 2.22. The number of nitrogens with one attached hydrogen (secondary N) is 2. The standard InChI is InChI=1S/C10H10ClF3N2O/c1-15-5-9(17)16-8-3-2-6(4-7(8)11)10(12,13)14/h2-4,15H,5H2,1H3,(H,16,17). The molecule has 0 fully saturated rings. The van der Waals surface area contributed by atoms with Crippen LogP contribution in [0.2, 0.25) is 5.02 Å². The van der Waals surface area contributed by atoms with E-state index in [0.717, 1.165) is 18.2 Å². The number of alkyl halides is 3. The van der Waals surface area contributed by atoms with Crippen LogP contribution in [0.5, 0.6) is 0 Å². The predicted molar refractivity (Wildman–Crippen MR) is 59.0 cm³/mol. The molecular weight excluding hydrogens is 257 g/mol. The molecule has 0 radical (unpaired) electrons. The average Bonchev–Trinajstić information content (AvgIpc) is 2.20. The largest absolute Gasteiger partial charge is 0.416 e. The van der Waals surface area contributed by atoms with Gasteiger partial charge in [0.15, 0.2) is 0 Å². The van der Waals surface area contributed by atoms with Gasteiger partial charge in [-0.05, 0) is 25.2 Å². The lowest BCUT2D eigenvalue weighted by Gasteiger charge is -2.10. The topological polar surface area (TPSA) is 41.1 Å². The van der Waals surface area contributed by atoms with E-state index < -0.39 is 11.7 Å². The zero-order valence-corrected chi connectivity index (χ0v) is 9.62. The first-order valence-corrected chi connectivity index (χ1v) is 5.03. The molecule has 2 N–H and O–H groups in total. The van der Waals surface area contributed by atoms with Gasteiger partial charge < -0.3 is 10.6 Å². The van der Waals surface area contributed by atoms with Crippen molar-refractivity contribution in [1.82, 2.24) is 5.32 Å². The van der Waals surface area contributed by atoms with Crippen LogP contribution in [0.15, 0.2) is 18.2 Å². The second-order valence-electron chi connectivity index (χ2n) is 3.27. The van der Waals surface area contributed by atoms with E-state index in [1.165, 1.54) is 0 Å². The normalized spacial score (nSPS) is 11.4. The van der Waals surface area contributed by atoms with Crippen LogP contribution in [0.1, 0.15) is 5.56 Å². The molecular formula is C10H10ClF3N2O. The Labute approximate surface area is 101 Å². The summed E-state index contributed by atoms with van der Waals surface area (Å²) in [5.41, 5.74) is -0.700. The Hall–Kier alpha value is -1.27. The van der Waals surface area contributed by atoms with E-state index in [2.05, 4.69) is 10.6 Å². The van der Waals surface area contributed by atoms with Crippen LogP contribution in [-0.2, 0) is 11.0 Å². The number of hydrogen-bond donors (Lipinski definition) is 2. The SMILES string of the molecule is CNCC(=O)Nc1ccc(C(F)(F)F)cc1Cl. The molecule has 17 heavy (non-hydrogen) atoms. The molecule has 0 heterocycles. The van der Waals surface area contributed by atoms with E-state index in [4.69, 9.17) is 11.6 Å². The number of benzene rings is 1. The molecule has 0 aliphatic heterocycles. The van der Waals surface area contributed by atoms with Crippen molar-refractivity contribution < 1.29 is 18.0 Å². The lowest BCUT2D eigenvalue weighted by atomic mass is 10.2. The highest BCUT2D eigenvalue weighted by atomic mass is 35.5. The van der Waals surface area contributed by atoms with Crippen molar-refractivity contribution in [2.45, 2.75) is 6.18 Å². The molecule has 0 atom stereocenters. The number of hydrogen-bond acceptors (Lipinski definition) is 2. The van der Waals surface area contributed by atoms with E-state index in [0.29, 0.717) is 0 Å². The van der Waals surface area contributed by atoms with Crippen molar-refractivity contribution in [3.05, 3.63) is 28.8 Å². The Morgan fingerprint density at radius 1 is 1.41 bits per heavy atom. The molecule has 0 aliphatic rings. The second kappa shape index (κ2) is 5.37. The van der Waals surface area contributed by atoms with E-state index in [9.17, 15) is 18.0 Å². The fourth-order valence-electron chi connectivity index (χ4n) is 1.15. The second-order valence-corrected chi connectivity index (χ2v) is 3.68. The Bertz CT molecular complexity index is 421. The summed E-state index contributed by atoms with van der Waals surface area (Å²) in [7, 11) is 1.58. The van der Waals surface area contributed by atoms with Crippen LogP contribution >= 0.6 is 11.6 Å². The lowest BCUT2D eigenvalue weighted by Crippen LogP contribution is -2.25. The monoisotopic (exact) mass is 266 g/mol.